The molecule has 1 aromatic heterocycles. The standard InChI is InChI=1S/C24H25N3O2/c1-17-12-13-25-23(26-17)20-5-4-14-27(16-20)15-18-8-10-19(11-9-18)21-6-2-3-7-22(21)24(28)29/h2-3,6-13,20H,4-5,14-16H2,1H3,(H,28,29). The quantitative estimate of drug-likeness (QED) is 0.697. The number of carbonyl (C=O) groups is 1. The lowest BCUT2D eigenvalue weighted by atomic mass is 9.96. The molecule has 1 aliphatic heterocycles. The molecule has 5 heteroatoms. The first kappa shape index (κ1) is 19.3. The van der Waals surface area contributed by atoms with Crippen molar-refractivity contribution in [2.24, 2.45) is 0 Å². The smallest absolute Gasteiger partial charge is 0.336 e. The van der Waals surface area contributed by atoms with Crippen molar-refractivity contribution >= 4 is 5.97 Å². The molecule has 5 nitrogen and oxygen atoms in total. The van der Waals surface area contributed by atoms with Gasteiger partial charge in [0.05, 0.1) is 5.56 Å². The molecule has 148 valence electrons. The van der Waals surface area contributed by atoms with Crippen LogP contribution in [0.3, 0.4) is 0 Å². The third-order valence-electron chi connectivity index (χ3n) is 5.51. The number of piperidine rings is 1. The lowest BCUT2D eigenvalue weighted by molar-refractivity contribution is 0.0697. The molecule has 0 amide bonds. The summed E-state index contributed by atoms with van der Waals surface area (Å²) in [6.45, 7) is 4.93. The molecule has 1 atom stereocenters. The fraction of sp³-hybridized carbons (Fsp3) is 0.292. The number of nitrogens with zero attached hydrogens (tertiary/aromatic N) is 3. The molecule has 1 fully saturated rings. The number of likely N-dealkylation sites (tertiary alicyclic amines) is 1. The molecule has 0 bridgehead atoms. The highest BCUT2D eigenvalue weighted by atomic mass is 16.4. The van der Waals surface area contributed by atoms with E-state index in [-0.39, 0.29) is 0 Å². The number of hydrogen-bond acceptors (Lipinski definition) is 4. The van der Waals surface area contributed by atoms with Crippen molar-refractivity contribution in [1.29, 1.82) is 0 Å². The van der Waals surface area contributed by atoms with Crippen LogP contribution in [0.15, 0.2) is 60.8 Å². The second-order valence-corrected chi connectivity index (χ2v) is 7.68. The molecular formula is C24H25N3O2. The zero-order valence-electron chi connectivity index (χ0n) is 16.6. The van der Waals surface area contributed by atoms with Gasteiger partial charge in [0.2, 0.25) is 0 Å². The molecular weight excluding hydrogens is 362 g/mol. The van der Waals surface area contributed by atoms with Gasteiger partial charge in [-0.05, 0) is 55.1 Å². The van der Waals surface area contributed by atoms with E-state index in [4.69, 9.17) is 0 Å². The maximum absolute atomic E-state index is 11.5. The number of carboxylic acid groups (broad SMARTS) is 1. The van der Waals surface area contributed by atoms with E-state index in [0.717, 1.165) is 55.1 Å². The summed E-state index contributed by atoms with van der Waals surface area (Å²) in [4.78, 5) is 23.0. The van der Waals surface area contributed by atoms with Gasteiger partial charge in [-0.25, -0.2) is 14.8 Å². The Morgan fingerprint density at radius 2 is 1.93 bits per heavy atom. The number of rotatable bonds is 5. The number of benzene rings is 2. The summed E-state index contributed by atoms with van der Waals surface area (Å²) < 4.78 is 0. The minimum Gasteiger partial charge on any atom is -0.478 e. The predicted molar refractivity (Wildman–Crippen MR) is 113 cm³/mol. The van der Waals surface area contributed by atoms with Crippen molar-refractivity contribution in [2.45, 2.75) is 32.2 Å². The van der Waals surface area contributed by atoms with Gasteiger partial charge in [0.1, 0.15) is 5.82 Å². The van der Waals surface area contributed by atoms with Gasteiger partial charge in [-0.2, -0.15) is 0 Å². The number of aryl methyl sites for hydroxylation is 1. The van der Waals surface area contributed by atoms with Crippen LogP contribution in [0.1, 0.15) is 46.2 Å². The average Bonchev–Trinajstić information content (AvgIpc) is 2.74. The third kappa shape index (κ3) is 4.51. The summed E-state index contributed by atoms with van der Waals surface area (Å²) in [6.07, 6.45) is 4.13. The minimum atomic E-state index is -0.901. The number of aromatic carboxylic acids is 1. The van der Waals surface area contributed by atoms with Crippen LogP contribution in [-0.2, 0) is 6.54 Å². The van der Waals surface area contributed by atoms with Crippen molar-refractivity contribution in [2.75, 3.05) is 13.1 Å². The van der Waals surface area contributed by atoms with E-state index in [1.165, 1.54) is 5.56 Å². The second kappa shape index (κ2) is 8.53. The first-order chi connectivity index (χ1) is 14.1. The van der Waals surface area contributed by atoms with Crippen LogP contribution in [0, 0.1) is 6.92 Å². The van der Waals surface area contributed by atoms with Gasteiger partial charge in [-0.1, -0.05) is 42.5 Å². The molecule has 1 unspecified atom stereocenters. The normalized spacial score (nSPS) is 17.2. The lowest BCUT2D eigenvalue weighted by Gasteiger charge is -2.32. The Balaban J connectivity index is 1.46. The van der Waals surface area contributed by atoms with Gasteiger partial charge in [0.15, 0.2) is 0 Å². The maximum atomic E-state index is 11.5. The van der Waals surface area contributed by atoms with E-state index in [1.54, 1.807) is 12.1 Å². The first-order valence-corrected chi connectivity index (χ1v) is 10.0. The second-order valence-electron chi connectivity index (χ2n) is 7.68. The zero-order chi connectivity index (χ0) is 20.2. The summed E-state index contributed by atoms with van der Waals surface area (Å²) in [5, 5.41) is 9.42. The van der Waals surface area contributed by atoms with Gasteiger partial charge >= 0.3 is 5.97 Å². The monoisotopic (exact) mass is 387 g/mol. The Labute approximate surface area is 171 Å². The van der Waals surface area contributed by atoms with Crippen molar-refractivity contribution in [1.82, 2.24) is 14.9 Å². The van der Waals surface area contributed by atoms with Gasteiger partial charge in [-0.15, -0.1) is 0 Å². The first-order valence-electron chi connectivity index (χ1n) is 10.0. The zero-order valence-corrected chi connectivity index (χ0v) is 16.6. The molecule has 4 rings (SSSR count). The van der Waals surface area contributed by atoms with Crippen LogP contribution in [0.2, 0.25) is 0 Å². The van der Waals surface area contributed by atoms with Crippen LogP contribution < -0.4 is 0 Å². The van der Waals surface area contributed by atoms with Crippen LogP contribution in [-0.4, -0.2) is 39.0 Å². The summed E-state index contributed by atoms with van der Waals surface area (Å²) in [5.41, 5.74) is 4.26. The van der Waals surface area contributed by atoms with Gasteiger partial charge in [-0.3, -0.25) is 4.90 Å². The van der Waals surface area contributed by atoms with E-state index in [2.05, 4.69) is 27.0 Å². The van der Waals surface area contributed by atoms with Gasteiger partial charge in [0, 0.05) is 30.9 Å². The van der Waals surface area contributed by atoms with Crippen molar-refractivity contribution in [3.8, 4) is 11.1 Å². The molecule has 0 spiro atoms. The largest absolute Gasteiger partial charge is 0.478 e. The Morgan fingerprint density at radius 1 is 1.14 bits per heavy atom. The van der Waals surface area contributed by atoms with E-state index in [0.29, 0.717) is 11.5 Å². The van der Waals surface area contributed by atoms with E-state index in [9.17, 15) is 9.90 Å². The SMILES string of the molecule is Cc1ccnc(C2CCCN(Cc3ccc(-c4ccccc4C(=O)O)cc3)C2)n1. The van der Waals surface area contributed by atoms with Crippen LogP contribution in [0.25, 0.3) is 11.1 Å². The van der Waals surface area contributed by atoms with E-state index in [1.807, 2.05) is 43.5 Å². The molecule has 1 aliphatic rings. The fourth-order valence-electron chi connectivity index (χ4n) is 4.04. The maximum Gasteiger partial charge on any atom is 0.336 e. The Hall–Kier alpha value is -3.05. The number of aromatic nitrogens is 2. The summed E-state index contributed by atoms with van der Waals surface area (Å²) in [6, 6.07) is 17.3. The van der Waals surface area contributed by atoms with Gasteiger partial charge in [0.25, 0.3) is 0 Å². The molecule has 0 aliphatic carbocycles. The Kier molecular flexibility index (Phi) is 5.67. The van der Waals surface area contributed by atoms with Gasteiger partial charge < -0.3 is 5.11 Å². The number of carboxylic acids is 1. The Morgan fingerprint density at radius 3 is 2.69 bits per heavy atom. The summed E-state index contributed by atoms with van der Waals surface area (Å²) >= 11 is 0. The number of hydrogen-bond donors (Lipinski definition) is 1. The third-order valence-corrected chi connectivity index (χ3v) is 5.51. The summed E-state index contributed by atoms with van der Waals surface area (Å²) in [5.74, 6) is 0.433. The molecule has 1 N–H and O–H groups in total. The molecule has 29 heavy (non-hydrogen) atoms. The highest BCUT2D eigenvalue weighted by Gasteiger charge is 2.23. The molecule has 1 saturated heterocycles. The molecule has 0 radical (unpaired) electrons. The molecule has 2 aromatic carbocycles. The van der Waals surface area contributed by atoms with Crippen LogP contribution in [0.4, 0.5) is 0 Å². The average molecular weight is 387 g/mol. The lowest BCUT2D eigenvalue weighted by Crippen LogP contribution is -2.34. The van der Waals surface area contributed by atoms with Crippen LogP contribution >= 0.6 is 0 Å². The molecule has 0 saturated carbocycles. The fourth-order valence-corrected chi connectivity index (χ4v) is 4.04. The van der Waals surface area contributed by atoms with Crippen LogP contribution in [0.5, 0.6) is 0 Å². The highest BCUT2D eigenvalue weighted by Crippen LogP contribution is 2.27. The highest BCUT2D eigenvalue weighted by molar-refractivity contribution is 5.95. The molecule has 3 aromatic rings. The summed E-state index contributed by atoms with van der Waals surface area (Å²) in [7, 11) is 0. The minimum absolute atomic E-state index is 0.331. The Bertz CT molecular complexity index is 1000. The topological polar surface area (TPSA) is 66.3 Å². The predicted octanol–water partition coefficient (Wildman–Crippen LogP) is 4.53. The van der Waals surface area contributed by atoms with Crippen molar-refractivity contribution in [3.05, 3.63) is 83.4 Å². The molecule has 2 heterocycles. The van der Waals surface area contributed by atoms with Crippen molar-refractivity contribution in [3.63, 3.8) is 0 Å². The van der Waals surface area contributed by atoms with Crippen molar-refractivity contribution < 1.29 is 9.90 Å². The van der Waals surface area contributed by atoms with E-state index >= 15 is 0 Å². The van der Waals surface area contributed by atoms with E-state index < -0.39 is 5.97 Å².